The van der Waals surface area contributed by atoms with Crippen molar-refractivity contribution in [2.45, 2.75) is 69.8 Å². The van der Waals surface area contributed by atoms with Gasteiger partial charge in [-0.25, -0.2) is 0 Å². The van der Waals surface area contributed by atoms with Gasteiger partial charge in [0, 0.05) is 24.0 Å². The lowest BCUT2D eigenvalue weighted by Crippen LogP contribution is -2.32. The number of ketones is 1. The van der Waals surface area contributed by atoms with Crippen molar-refractivity contribution in [2.75, 3.05) is 7.11 Å². The molecule has 6 heteroatoms. The Labute approximate surface area is 210 Å². The zero-order chi connectivity index (χ0) is 24.3. The number of methoxy groups -OCH3 is 1. The van der Waals surface area contributed by atoms with E-state index in [9.17, 15) is 4.79 Å². The SMILES string of the molecule is COc1ccc(C2(C#Cc3cccc(-c4nnc(C)s4)c3)CCCC(=O)C2)cc1OC1CCCC1. The van der Waals surface area contributed by atoms with Crippen LogP contribution in [0, 0.1) is 18.8 Å². The van der Waals surface area contributed by atoms with Gasteiger partial charge in [0.2, 0.25) is 0 Å². The Morgan fingerprint density at radius 1 is 1.06 bits per heavy atom. The Balaban J connectivity index is 1.51. The molecule has 2 aliphatic carbocycles. The zero-order valence-electron chi connectivity index (χ0n) is 20.3. The average molecular weight is 487 g/mol. The third-order valence-corrected chi connectivity index (χ3v) is 7.84. The number of aromatic nitrogens is 2. The number of Topliss-reactive ketones (excluding diaryl/α,β-unsaturated/α-hetero) is 1. The van der Waals surface area contributed by atoms with E-state index >= 15 is 0 Å². The molecule has 3 aromatic rings. The first-order valence-corrected chi connectivity index (χ1v) is 13.2. The predicted octanol–water partition coefficient (Wildman–Crippen LogP) is 6.28. The maximum Gasteiger partial charge on any atom is 0.161 e. The Kier molecular flexibility index (Phi) is 6.88. The van der Waals surface area contributed by atoms with Crippen LogP contribution in [-0.4, -0.2) is 29.2 Å². The van der Waals surface area contributed by atoms with Crippen molar-refractivity contribution in [3.8, 4) is 33.9 Å². The van der Waals surface area contributed by atoms with Gasteiger partial charge < -0.3 is 9.47 Å². The van der Waals surface area contributed by atoms with Crippen molar-refractivity contribution in [2.24, 2.45) is 0 Å². The molecule has 2 fully saturated rings. The van der Waals surface area contributed by atoms with E-state index in [1.54, 1.807) is 18.4 Å². The van der Waals surface area contributed by atoms with Crippen LogP contribution in [0.4, 0.5) is 0 Å². The summed E-state index contributed by atoms with van der Waals surface area (Å²) in [5, 5.41) is 10.2. The minimum absolute atomic E-state index is 0.223. The highest BCUT2D eigenvalue weighted by molar-refractivity contribution is 7.14. The van der Waals surface area contributed by atoms with E-state index in [0.717, 1.165) is 63.9 Å². The predicted molar refractivity (Wildman–Crippen MR) is 138 cm³/mol. The number of aryl methyl sites for hydroxylation is 1. The highest BCUT2D eigenvalue weighted by atomic mass is 32.1. The Bertz CT molecular complexity index is 1280. The van der Waals surface area contributed by atoms with Crippen LogP contribution in [0.5, 0.6) is 11.5 Å². The summed E-state index contributed by atoms with van der Waals surface area (Å²) in [6.07, 6.45) is 7.49. The zero-order valence-corrected chi connectivity index (χ0v) is 21.1. The van der Waals surface area contributed by atoms with Crippen molar-refractivity contribution in [1.29, 1.82) is 0 Å². The van der Waals surface area contributed by atoms with Crippen molar-refractivity contribution in [1.82, 2.24) is 10.2 Å². The monoisotopic (exact) mass is 486 g/mol. The molecule has 35 heavy (non-hydrogen) atoms. The molecule has 0 saturated heterocycles. The third kappa shape index (κ3) is 5.26. The van der Waals surface area contributed by atoms with Crippen LogP contribution in [-0.2, 0) is 10.2 Å². The molecule has 2 aliphatic rings. The van der Waals surface area contributed by atoms with Crippen LogP contribution in [0.25, 0.3) is 10.6 Å². The molecule has 1 aromatic heterocycles. The number of ether oxygens (including phenoxy) is 2. The van der Waals surface area contributed by atoms with E-state index < -0.39 is 5.41 Å². The number of carbonyl (C=O) groups excluding carboxylic acids is 1. The first-order chi connectivity index (χ1) is 17.0. The molecule has 5 nitrogen and oxygen atoms in total. The summed E-state index contributed by atoms with van der Waals surface area (Å²) in [6, 6.07) is 14.1. The second kappa shape index (κ2) is 10.2. The van der Waals surface area contributed by atoms with Crippen LogP contribution in [0.2, 0.25) is 0 Å². The molecule has 0 radical (unpaired) electrons. The maximum absolute atomic E-state index is 12.7. The minimum Gasteiger partial charge on any atom is -0.493 e. The lowest BCUT2D eigenvalue weighted by atomic mass is 9.69. The molecule has 1 heterocycles. The molecule has 180 valence electrons. The second-order valence-corrected chi connectivity index (χ2v) is 10.7. The Hall–Kier alpha value is -3.17. The maximum atomic E-state index is 12.7. The van der Waals surface area contributed by atoms with Gasteiger partial charge in [-0.05, 0) is 75.3 Å². The van der Waals surface area contributed by atoms with Crippen molar-refractivity contribution < 1.29 is 14.3 Å². The fourth-order valence-corrected chi connectivity index (χ4v) is 5.80. The van der Waals surface area contributed by atoms with E-state index in [2.05, 4.69) is 28.1 Å². The van der Waals surface area contributed by atoms with Gasteiger partial charge >= 0.3 is 0 Å². The van der Waals surface area contributed by atoms with E-state index in [0.29, 0.717) is 12.8 Å². The number of carbonyl (C=O) groups is 1. The molecule has 0 aliphatic heterocycles. The number of hydrogen-bond acceptors (Lipinski definition) is 6. The molecule has 0 amide bonds. The minimum atomic E-state index is -0.537. The lowest BCUT2D eigenvalue weighted by Gasteiger charge is -2.33. The topological polar surface area (TPSA) is 61.3 Å². The molecule has 0 spiro atoms. The lowest BCUT2D eigenvalue weighted by molar-refractivity contribution is -0.121. The van der Waals surface area contributed by atoms with Crippen LogP contribution >= 0.6 is 11.3 Å². The third-order valence-electron chi connectivity index (χ3n) is 6.95. The summed E-state index contributed by atoms with van der Waals surface area (Å²) in [6.45, 7) is 1.95. The van der Waals surface area contributed by atoms with E-state index in [1.165, 1.54) is 12.8 Å². The van der Waals surface area contributed by atoms with Crippen LogP contribution in [0.1, 0.15) is 67.5 Å². The molecule has 0 bridgehead atoms. The summed E-state index contributed by atoms with van der Waals surface area (Å²) in [4.78, 5) is 12.7. The molecule has 2 aromatic carbocycles. The van der Waals surface area contributed by atoms with Gasteiger partial charge in [-0.3, -0.25) is 4.79 Å². The molecule has 2 saturated carbocycles. The molecular formula is C29H30N2O3S. The van der Waals surface area contributed by atoms with Crippen LogP contribution < -0.4 is 9.47 Å². The summed E-state index contributed by atoms with van der Waals surface area (Å²) < 4.78 is 12.0. The molecule has 1 atom stereocenters. The Morgan fingerprint density at radius 3 is 2.66 bits per heavy atom. The number of hydrogen-bond donors (Lipinski definition) is 0. The highest BCUT2D eigenvalue weighted by Gasteiger charge is 2.37. The number of rotatable bonds is 5. The van der Waals surface area contributed by atoms with Gasteiger partial charge in [-0.2, -0.15) is 0 Å². The van der Waals surface area contributed by atoms with Gasteiger partial charge in [0.25, 0.3) is 0 Å². The van der Waals surface area contributed by atoms with E-state index in [4.69, 9.17) is 9.47 Å². The summed E-state index contributed by atoms with van der Waals surface area (Å²) >= 11 is 1.57. The quantitative estimate of drug-likeness (QED) is 0.398. The highest BCUT2D eigenvalue weighted by Crippen LogP contribution is 2.42. The molecular weight excluding hydrogens is 456 g/mol. The van der Waals surface area contributed by atoms with Crippen molar-refractivity contribution >= 4 is 17.1 Å². The van der Waals surface area contributed by atoms with Crippen molar-refractivity contribution in [3.63, 3.8) is 0 Å². The van der Waals surface area contributed by atoms with Gasteiger partial charge in [-0.15, -0.1) is 10.2 Å². The Morgan fingerprint density at radius 2 is 1.91 bits per heavy atom. The largest absolute Gasteiger partial charge is 0.493 e. The average Bonchev–Trinajstić information content (AvgIpc) is 3.55. The van der Waals surface area contributed by atoms with E-state index in [-0.39, 0.29) is 11.9 Å². The second-order valence-electron chi connectivity index (χ2n) is 9.50. The van der Waals surface area contributed by atoms with E-state index in [1.807, 2.05) is 43.3 Å². The molecule has 0 N–H and O–H groups in total. The number of benzene rings is 2. The summed E-state index contributed by atoms with van der Waals surface area (Å²) in [5.74, 6) is 8.68. The van der Waals surface area contributed by atoms with Crippen LogP contribution in [0.3, 0.4) is 0 Å². The van der Waals surface area contributed by atoms with Gasteiger partial charge in [0.05, 0.1) is 18.6 Å². The first-order valence-electron chi connectivity index (χ1n) is 12.4. The van der Waals surface area contributed by atoms with Crippen LogP contribution in [0.15, 0.2) is 42.5 Å². The standard InChI is InChI=1S/C29H30N2O3S/c1-20-30-31-28(35-20)22-8-5-7-21(17-22)14-16-29(15-6-9-24(32)19-29)23-12-13-26(33-2)27(18-23)34-25-10-3-4-11-25/h5,7-8,12-13,17-18,25H,3-4,6,9-11,15,19H2,1-2H3. The molecule has 5 rings (SSSR count). The number of nitrogens with zero attached hydrogens (tertiary/aromatic N) is 2. The normalized spacial score (nSPS) is 20.3. The van der Waals surface area contributed by atoms with Crippen molar-refractivity contribution in [3.05, 3.63) is 58.6 Å². The molecule has 1 unspecified atom stereocenters. The van der Waals surface area contributed by atoms with Gasteiger partial charge in [-0.1, -0.05) is 41.4 Å². The fourth-order valence-electron chi connectivity index (χ4n) is 5.11. The summed E-state index contributed by atoms with van der Waals surface area (Å²) in [5.41, 5.74) is 2.41. The first kappa shape index (κ1) is 23.6. The van der Waals surface area contributed by atoms with Gasteiger partial charge in [0.15, 0.2) is 11.5 Å². The smallest absolute Gasteiger partial charge is 0.161 e. The van der Waals surface area contributed by atoms with Gasteiger partial charge in [0.1, 0.15) is 15.8 Å². The summed E-state index contributed by atoms with van der Waals surface area (Å²) in [7, 11) is 1.67. The fraction of sp³-hybridized carbons (Fsp3) is 0.414.